The zero-order valence-corrected chi connectivity index (χ0v) is 31.7. The Bertz CT molecular complexity index is 3150. The first-order valence-electron chi connectivity index (χ1n) is 19.4. The van der Waals surface area contributed by atoms with Crippen molar-refractivity contribution in [1.82, 2.24) is 19.9 Å². The Kier molecular flexibility index (Phi) is 9.00. The molecule has 10 rings (SSSR count). The molecule has 0 radical (unpaired) electrons. The van der Waals surface area contributed by atoms with E-state index in [0.29, 0.717) is 0 Å². The van der Waals surface area contributed by atoms with Crippen molar-refractivity contribution in [1.29, 1.82) is 0 Å². The van der Waals surface area contributed by atoms with Gasteiger partial charge in [0.25, 0.3) is 5.69 Å². The third kappa shape index (κ3) is 6.77. The Morgan fingerprint density at radius 3 is 1.29 bits per heavy atom. The zero-order chi connectivity index (χ0) is 39.7. The summed E-state index contributed by atoms with van der Waals surface area (Å²) < 4.78 is 0. The molecule has 2 aliphatic rings. The van der Waals surface area contributed by atoms with Crippen LogP contribution in [0.5, 0.6) is 0 Å². The van der Waals surface area contributed by atoms with Gasteiger partial charge in [-0.15, -0.1) is 0 Å². The molecule has 0 atom stereocenters. The summed E-state index contributed by atoms with van der Waals surface area (Å²) in [6.45, 7) is 0. The lowest BCUT2D eigenvalue weighted by Gasteiger charge is -2.08. The van der Waals surface area contributed by atoms with E-state index in [1.54, 1.807) is 12.1 Å². The van der Waals surface area contributed by atoms with Crippen molar-refractivity contribution in [3.8, 4) is 44.5 Å². The molecular weight excluding hydrogens is 727 g/mol. The summed E-state index contributed by atoms with van der Waals surface area (Å²) in [7, 11) is 0. The first-order chi connectivity index (χ1) is 29.1. The first kappa shape index (κ1) is 35.3. The van der Waals surface area contributed by atoms with Gasteiger partial charge in [0.05, 0.1) is 27.7 Å². The molecule has 3 aromatic heterocycles. The fraction of sp³-hybridized carbons (Fsp3) is 0. The smallest absolute Gasteiger partial charge is 0.269 e. The molecule has 280 valence electrons. The van der Waals surface area contributed by atoms with Gasteiger partial charge >= 0.3 is 0 Å². The SMILES string of the molecule is O=[N+]([O-])c1ccc(/C=C/C2=Cc3nc2c(-c2ccccc2)c2ccc([nH]2)c(-c2ccccc2)c2nc(c(-c4ccccc4)c4ccc([nH]4)c3-c3ccccc3)C=C2)cc1. The van der Waals surface area contributed by atoms with Crippen molar-refractivity contribution in [3.63, 3.8) is 0 Å². The van der Waals surface area contributed by atoms with Gasteiger partial charge in [-0.2, -0.15) is 0 Å². The number of allylic oxidation sites excluding steroid dienone is 2. The minimum Gasteiger partial charge on any atom is -0.354 e. The summed E-state index contributed by atoms with van der Waals surface area (Å²) >= 11 is 0. The van der Waals surface area contributed by atoms with E-state index in [1.807, 2.05) is 54.6 Å². The lowest BCUT2D eigenvalue weighted by atomic mass is 9.99. The molecule has 8 aromatic rings. The molecule has 0 saturated carbocycles. The molecule has 0 saturated heterocycles. The highest BCUT2D eigenvalue weighted by molar-refractivity contribution is 6.04. The van der Waals surface area contributed by atoms with Crippen LogP contribution in [0.1, 0.15) is 28.3 Å². The molecule has 7 nitrogen and oxygen atoms in total. The lowest BCUT2D eigenvalue weighted by Crippen LogP contribution is -1.90. The average Bonchev–Trinajstić information content (AvgIpc) is 4.12. The van der Waals surface area contributed by atoms with Gasteiger partial charge in [-0.1, -0.05) is 133 Å². The molecule has 59 heavy (non-hydrogen) atoms. The Morgan fingerprint density at radius 1 is 0.441 bits per heavy atom. The minimum absolute atomic E-state index is 0.0474. The van der Waals surface area contributed by atoms with E-state index in [2.05, 4.69) is 131 Å². The lowest BCUT2D eigenvalue weighted by molar-refractivity contribution is -0.384. The normalized spacial score (nSPS) is 12.2. The van der Waals surface area contributed by atoms with Crippen LogP contribution in [0.15, 0.2) is 176 Å². The van der Waals surface area contributed by atoms with Gasteiger partial charge in [0.1, 0.15) is 0 Å². The van der Waals surface area contributed by atoms with Crippen LogP contribution in [0.25, 0.3) is 96.5 Å². The minimum atomic E-state index is -0.382. The van der Waals surface area contributed by atoms with Crippen molar-refractivity contribution in [3.05, 3.63) is 214 Å². The number of H-pyrrole nitrogens is 2. The topological polar surface area (TPSA) is 100 Å². The van der Waals surface area contributed by atoms with Crippen LogP contribution in [0.3, 0.4) is 0 Å². The molecular formula is C52H35N5O2. The molecule has 7 heteroatoms. The number of nitrogens with one attached hydrogen (secondary N) is 2. The molecule has 2 aliphatic heterocycles. The number of hydrogen-bond acceptors (Lipinski definition) is 4. The number of fused-ring (bicyclic) bond motifs is 8. The maximum atomic E-state index is 11.4. The highest BCUT2D eigenvalue weighted by Gasteiger charge is 2.21. The molecule has 2 N–H and O–H groups in total. The van der Waals surface area contributed by atoms with Crippen molar-refractivity contribution in [2.24, 2.45) is 0 Å². The molecule has 5 heterocycles. The second-order valence-electron chi connectivity index (χ2n) is 14.4. The third-order valence-electron chi connectivity index (χ3n) is 10.7. The quantitative estimate of drug-likeness (QED) is 0.125. The highest BCUT2D eigenvalue weighted by Crippen LogP contribution is 2.40. The summed E-state index contributed by atoms with van der Waals surface area (Å²) in [5.41, 5.74) is 16.7. The average molecular weight is 762 g/mol. The Morgan fingerprint density at radius 2 is 0.847 bits per heavy atom. The Hall–Kier alpha value is -8.16. The van der Waals surface area contributed by atoms with Crippen LogP contribution in [-0.2, 0) is 0 Å². The number of aromatic nitrogens is 4. The number of nitro benzene ring substituents is 1. The van der Waals surface area contributed by atoms with Crippen molar-refractivity contribution >= 4 is 57.6 Å². The monoisotopic (exact) mass is 761 g/mol. The van der Waals surface area contributed by atoms with Crippen LogP contribution in [0.4, 0.5) is 5.69 Å². The number of nitrogens with zero attached hydrogens (tertiary/aromatic N) is 3. The Balaban J connectivity index is 1.36. The molecule has 5 aromatic carbocycles. The summed E-state index contributed by atoms with van der Waals surface area (Å²) in [5.74, 6) is 0. The number of aromatic amines is 2. The van der Waals surface area contributed by atoms with Gasteiger partial charge in [0.15, 0.2) is 0 Å². The summed E-state index contributed by atoms with van der Waals surface area (Å²) in [4.78, 5) is 29.6. The summed E-state index contributed by atoms with van der Waals surface area (Å²) in [6.07, 6.45) is 10.4. The van der Waals surface area contributed by atoms with Gasteiger partial charge in [-0.3, -0.25) is 10.1 Å². The van der Waals surface area contributed by atoms with Crippen LogP contribution >= 0.6 is 0 Å². The number of benzene rings is 5. The fourth-order valence-corrected chi connectivity index (χ4v) is 7.96. The van der Waals surface area contributed by atoms with E-state index < -0.39 is 0 Å². The van der Waals surface area contributed by atoms with E-state index in [0.717, 1.165) is 100 Å². The molecule has 8 bridgehead atoms. The van der Waals surface area contributed by atoms with Gasteiger partial charge in [-0.25, -0.2) is 9.97 Å². The predicted octanol–water partition coefficient (Wildman–Crippen LogP) is 13.3. The van der Waals surface area contributed by atoms with Gasteiger partial charge in [-0.05, 0) is 82.4 Å². The van der Waals surface area contributed by atoms with E-state index in [-0.39, 0.29) is 10.6 Å². The number of non-ortho nitro benzene ring substituents is 1. The van der Waals surface area contributed by atoms with Gasteiger partial charge in [0.2, 0.25) is 0 Å². The van der Waals surface area contributed by atoms with E-state index in [1.165, 1.54) is 12.1 Å². The number of rotatable bonds is 7. The van der Waals surface area contributed by atoms with E-state index >= 15 is 0 Å². The summed E-state index contributed by atoms with van der Waals surface area (Å²) in [6, 6.07) is 56.5. The molecule has 0 fully saturated rings. The standard InChI is InChI=1S/C52H35N5O2/c58-57(59)40-25-22-34(23-26-40)21-24-39-33-47-50(37-17-9-3-10-18-37)45-30-29-43(54-45)48(35-13-5-1-6-14-35)41-27-28-42(53-41)49(36-15-7-2-8-16-36)44-31-32-46(55-44)51(52(39)56-47)38-19-11-4-12-20-38/h1-33,54-55H/b24-21+,48-41?,48-43?,49-42?,49-44?,50-45?,50-47?,51-46?,52-51?. The molecule has 0 spiro atoms. The van der Waals surface area contributed by atoms with Crippen LogP contribution in [-0.4, -0.2) is 24.9 Å². The fourth-order valence-electron chi connectivity index (χ4n) is 7.96. The maximum absolute atomic E-state index is 11.4. The largest absolute Gasteiger partial charge is 0.354 e. The predicted molar refractivity (Wildman–Crippen MR) is 242 cm³/mol. The second kappa shape index (κ2) is 15.1. The van der Waals surface area contributed by atoms with Crippen molar-refractivity contribution in [2.75, 3.05) is 0 Å². The Labute approximate surface area is 340 Å². The van der Waals surface area contributed by atoms with Crippen molar-refractivity contribution in [2.45, 2.75) is 0 Å². The van der Waals surface area contributed by atoms with E-state index in [9.17, 15) is 10.1 Å². The van der Waals surface area contributed by atoms with Gasteiger partial charge < -0.3 is 9.97 Å². The first-order valence-corrected chi connectivity index (χ1v) is 19.4. The highest BCUT2D eigenvalue weighted by atomic mass is 16.6. The number of nitro groups is 1. The molecule has 0 aliphatic carbocycles. The van der Waals surface area contributed by atoms with Crippen LogP contribution < -0.4 is 0 Å². The van der Waals surface area contributed by atoms with E-state index in [4.69, 9.17) is 9.97 Å². The molecule has 0 unspecified atom stereocenters. The summed E-state index contributed by atoms with van der Waals surface area (Å²) in [5, 5.41) is 11.4. The van der Waals surface area contributed by atoms with Crippen LogP contribution in [0.2, 0.25) is 0 Å². The van der Waals surface area contributed by atoms with Crippen molar-refractivity contribution < 1.29 is 4.92 Å². The van der Waals surface area contributed by atoms with Gasteiger partial charge in [0, 0.05) is 62.0 Å². The second-order valence-corrected chi connectivity index (χ2v) is 14.4. The zero-order valence-electron chi connectivity index (χ0n) is 31.7. The van der Waals surface area contributed by atoms with Crippen LogP contribution in [0, 0.1) is 10.1 Å². The maximum Gasteiger partial charge on any atom is 0.269 e. The number of hydrogen-bond donors (Lipinski definition) is 2. The third-order valence-corrected chi connectivity index (χ3v) is 10.7. The molecule has 0 amide bonds.